The molecule has 2 aromatic rings. The minimum Gasteiger partial charge on any atom is -0.497 e. The average Bonchev–Trinajstić information content (AvgIpc) is 3.17. The molecule has 2 N–H and O–H groups in total. The Kier molecular flexibility index (Phi) is 5.71. The quantitative estimate of drug-likeness (QED) is 0.762. The number of rotatable bonds is 5. The first-order chi connectivity index (χ1) is 16.0. The highest BCUT2D eigenvalue weighted by molar-refractivity contribution is 6.39. The lowest BCUT2D eigenvalue weighted by Gasteiger charge is -2.49. The molecule has 2 aliphatic heterocycles. The number of ether oxygens (including phenoxy) is 1. The van der Waals surface area contributed by atoms with Crippen LogP contribution in [0.4, 0.5) is 0 Å². The third-order valence-corrected chi connectivity index (χ3v) is 7.60. The monoisotopic (exact) mass is 445 g/mol. The smallest absolute Gasteiger partial charge is 0.238 e. The van der Waals surface area contributed by atoms with Crippen LogP contribution < -0.4 is 10.5 Å². The van der Waals surface area contributed by atoms with E-state index in [1.165, 1.54) is 6.42 Å². The van der Waals surface area contributed by atoms with E-state index >= 15 is 0 Å². The van der Waals surface area contributed by atoms with Gasteiger partial charge in [0.2, 0.25) is 5.91 Å². The zero-order chi connectivity index (χ0) is 23.0. The molecular weight excluding hydrogens is 414 g/mol. The highest BCUT2D eigenvalue weighted by Crippen LogP contribution is 2.43. The van der Waals surface area contributed by atoms with Crippen LogP contribution >= 0.6 is 0 Å². The highest BCUT2D eigenvalue weighted by Gasteiger charge is 2.46. The van der Waals surface area contributed by atoms with Crippen LogP contribution in [0.3, 0.4) is 0 Å². The number of nitrogens with two attached hydrogens (primary N) is 1. The van der Waals surface area contributed by atoms with Gasteiger partial charge in [-0.3, -0.25) is 14.5 Å². The van der Waals surface area contributed by atoms with Gasteiger partial charge in [-0.25, -0.2) is 0 Å². The van der Waals surface area contributed by atoms with Gasteiger partial charge < -0.3 is 15.4 Å². The molecule has 0 saturated carbocycles. The van der Waals surface area contributed by atoms with Crippen LogP contribution in [0, 0.1) is 0 Å². The first-order valence-electron chi connectivity index (χ1n) is 11.9. The molecule has 0 bridgehead atoms. The van der Waals surface area contributed by atoms with Crippen molar-refractivity contribution in [2.45, 2.75) is 37.6 Å². The Morgan fingerprint density at radius 2 is 1.55 bits per heavy atom. The summed E-state index contributed by atoms with van der Waals surface area (Å²) in [5.41, 5.74) is 9.70. The Labute approximate surface area is 195 Å². The van der Waals surface area contributed by atoms with Gasteiger partial charge in [0.15, 0.2) is 5.78 Å². The molecule has 3 aliphatic rings. The van der Waals surface area contributed by atoms with Gasteiger partial charge >= 0.3 is 0 Å². The number of piperidine rings is 2. The molecule has 2 heterocycles. The van der Waals surface area contributed by atoms with Crippen molar-refractivity contribution in [3.8, 4) is 5.75 Å². The average molecular weight is 446 g/mol. The molecule has 2 fully saturated rings. The van der Waals surface area contributed by atoms with Crippen LogP contribution in [0.5, 0.6) is 5.75 Å². The van der Waals surface area contributed by atoms with Crippen molar-refractivity contribution in [3.63, 3.8) is 0 Å². The summed E-state index contributed by atoms with van der Waals surface area (Å²) in [4.78, 5) is 30.8. The summed E-state index contributed by atoms with van der Waals surface area (Å²) in [7, 11) is 1.64. The lowest BCUT2D eigenvalue weighted by molar-refractivity contribution is -0.134. The van der Waals surface area contributed by atoms with E-state index in [9.17, 15) is 9.59 Å². The standard InChI is InChI=1S/C27H31N3O3/c1-33-20-11-9-19(10-12-20)23-24(21-7-3-4-8-22(21)25(23)31)29-17-13-27(14-18-29,26(28)32)30-15-5-2-6-16-30/h3-4,7-12H,2,5-6,13-18H2,1H3,(H2,28,32). The van der Waals surface area contributed by atoms with Gasteiger partial charge in [0.25, 0.3) is 0 Å². The fourth-order valence-electron chi connectivity index (χ4n) is 5.76. The maximum atomic E-state index is 13.5. The van der Waals surface area contributed by atoms with Crippen molar-refractivity contribution in [2.24, 2.45) is 5.73 Å². The van der Waals surface area contributed by atoms with E-state index in [0.29, 0.717) is 25.9 Å². The molecule has 0 spiro atoms. The number of carbonyl (C=O) groups excluding carboxylic acids is 2. The molecule has 6 nitrogen and oxygen atoms in total. The van der Waals surface area contributed by atoms with E-state index in [1.807, 2.05) is 48.5 Å². The molecule has 0 radical (unpaired) electrons. The van der Waals surface area contributed by atoms with E-state index in [0.717, 1.165) is 59.6 Å². The van der Waals surface area contributed by atoms with Crippen molar-refractivity contribution in [1.29, 1.82) is 0 Å². The minimum atomic E-state index is -0.583. The highest BCUT2D eigenvalue weighted by atomic mass is 16.5. The third kappa shape index (κ3) is 3.62. The van der Waals surface area contributed by atoms with Crippen LogP contribution in [-0.2, 0) is 4.79 Å². The number of hydrogen-bond donors (Lipinski definition) is 1. The van der Waals surface area contributed by atoms with E-state index in [2.05, 4.69) is 9.80 Å². The number of primary amides is 1. The van der Waals surface area contributed by atoms with Crippen LogP contribution in [0.15, 0.2) is 48.5 Å². The summed E-state index contributed by atoms with van der Waals surface area (Å²) in [6.45, 7) is 3.25. The number of allylic oxidation sites excluding steroid dienone is 1. The second-order valence-corrected chi connectivity index (χ2v) is 9.26. The second-order valence-electron chi connectivity index (χ2n) is 9.26. The Balaban J connectivity index is 1.51. The van der Waals surface area contributed by atoms with E-state index in [-0.39, 0.29) is 11.7 Å². The van der Waals surface area contributed by atoms with Gasteiger partial charge in [0.05, 0.1) is 18.4 Å². The Bertz CT molecular complexity index is 1090. The molecule has 2 aromatic carbocycles. The summed E-state index contributed by atoms with van der Waals surface area (Å²) in [6, 6.07) is 15.5. The van der Waals surface area contributed by atoms with Crippen molar-refractivity contribution < 1.29 is 14.3 Å². The fraction of sp³-hybridized carbons (Fsp3) is 0.407. The fourth-order valence-corrected chi connectivity index (χ4v) is 5.76. The largest absolute Gasteiger partial charge is 0.497 e. The summed E-state index contributed by atoms with van der Waals surface area (Å²) >= 11 is 0. The molecule has 2 saturated heterocycles. The maximum absolute atomic E-state index is 13.5. The zero-order valence-electron chi connectivity index (χ0n) is 19.2. The second kappa shape index (κ2) is 8.67. The summed E-state index contributed by atoms with van der Waals surface area (Å²) in [5.74, 6) is 0.597. The number of Topliss-reactive ketones (excluding diaryl/α,β-unsaturated/α-hetero) is 1. The lowest BCUT2D eigenvalue weighted by Crippen LogP contribution is -2.63. The minimum absolute atomic E-state index is 0.0496. The van der Waals surface area contributed by atoms with Gasteiger partial charge in [0.1, 0.15) is 11.3 Å². The molecule has 6 heteroatoms. The molecule has 0 atom stereocenters. The first kappa shape index (κ1) is 21.7. The van der Waals surface area contributed by atoms with Gasteiger partial charge in [0, 0.05) is 24.2 Å². The van der Waals surface area contributed by atoms with Crippen LogP contribution in [0.25, 0.3) is 11.3 Å². The topological polar surface area (TPSA) is 75.9 Å². The number of amides is 1. The van der Waals surface area contributed by atoms with Crippen molar-refractivity contribution >= 4 is 23.0 Å². The molecule has 0 unspecified atom stereocenters. The van der Waals surface area contributed by atoms with E-state index in [1.54, 1.807) is 7.11 Å². The Hall–Kier alpha value is -3.12. The molecule has 5 rings (SSSR count). The van der Waals surface area contributed by atoms with E-state index < -0.39 is 5.54 Å². The number of carbonyl (C=O) groups is 2. The van der Waals surface area contributed by atoms with Crippen molar-refractivity contribution in [1.82, 2.24) is 9.80 Å². The van der Waals surface area contributed by atoms with Gasteiger partial charge in [-0.1, -0.05) is 42.8 Å². The maximum Gasteiger partial charge on any atom is 0.238 e. The van der Waals surface area contributed by atoms with Crippen LogP contribution in [0.1, 0.15) is 53.6 Å². The predicted molar refractivity (Wildman–Crippen MR) is 129 cm³/mol. The number of fused-ring (bicyclic) bond motifs is 1. The number of hydrogen-bond acceptors (Lipinski definition) is 5. The Morgan fingerprint density at radius 1 is 0.909 bits per heavy atom. The van der Waals surface area contributed by atoms with Gasteiger partial charge in [-0.2, -0.15) is 0 Å². The number of ketones is 1. The van der Waals surface area contributed by atoms with Crippen molar-refractivity contribution in [3.05, 3.63) is 65.2 Å². The number of likely N-dealkylation sites (tertiary alicyclic amines) is 2. The van der Waals surface area contributed by atoms with Gasteiger partial charge in [-0.05, 0) is 56.5 Å². The molecule has 1 amide bonds. The van der Waals surface area contributed by atoms with Gasteiger partial charge in [-0.15, -0.1) is 0 Å². The van der Waals surface area contributed by atoms with Crippen LogP contribution in [-0.4, -0.2) is 60.3 Å². The normalized spacial score (nSPS) is 20.6. The van der Waals surface area contributed by atoms with E-state index in [4.69, 9.17) is 10.5 Å². The third-order valence-electron chi connectivity index (χ3n) is 7.60. The molecule has 1 aliphatic carbocycles. The number of benzene rings is 2. The molecule has 33 heavy (non-hydrogen) atoms. The summed E-state index contributed by atoms with van der Waals surface area (Å²) in [6.07, 6.45) is 4.81. The molecular formula is C27H31N3O3. The number of nitrogens with zero attached hydrogens (tertiary/aromatic N) is 2. The molecule has 172 valence electrons. The SMILES string of the molecule is COc1ccc(C2=C(N3CCC(C(N)=O)(N4CCCCC4)CC3)c3ccccc3C2=O)cc1. The molecule has 0 aromatic heterocycles. The zero-order valence-corrected chi connectivity index (χ0v) is 19.2. The first-order valence-corrected chi connectivity index (χ1v) is 11.9. The number of methoxy groups -OCH3 is 1. The van der Waals surface area contributed by atoms with Crippen LogP contribution in [0.2, 0.25) is 0 Å². The Morgan fingerprint density at radius 3 is 2.15 bits per heavy atom. The lowest BCUT2D eigenvalue weighted by atomic mass is 9.83. The summed E-state index contributed by atoms with van der Waals surface area (Å²) < 4.78 is 5.31. The summed E-state index contributed by atoms with van der Waals surface area (Å²) in [5, 5.41) is 0. The predicted octanol–water partition coefficient (Wildman–Crippen LogP) is 3.57. The van der Waals surface area contributed by atoms with Crippen molar-refractivity contribution in [2.75, 3.05) is 33.3 Å².